The molecule has 0 spiro atoms. The second-order valence-corrected chi connectivity index (χ2v) is 8.12. The molecule has 192 valence electrons. The summed E-state index contributed by atoms with van der Waals surface area (Å²) in [5.41, 5.74) is 1.49. The van der Waals surface area contributed by atoms with Gasteiger partial charge in [0.2, 0.25) is 5.91 Å². The summed E-state index contributed by atoms with van der Waals surface area (Å²) < 4.78 is 43.4. The fraction of sp³-hybridized carbons (Fsp3) is 0.200. The molecule has 1 aliphatic heterocycles. The molecule has 0 bridgehead atoms. The fourth-order valence-corrected chi connectivity index (χ4v) is 3.87. The van der Waals surface area contributed by atoms with Crippen molar-refractivity contribution in [3.8, 4) is 11.3 Å². The number of carbonyl (C=O) groups excluding carboxylic acids is 2. The fourth-order valence-electron chi connectivity index (χ4n) is 3.87. The van der Waals surface area contributed by atoms with E-state index >= 15 is 0 Å². The maximum Gasteiger partial charge on any atom is 0.471 e. The SMILES string of the molecule is O=C(/C=C/c1ccc(-c2ccccc2[N+](=O)[O-])o1)Nc1ccc(N2CCN(C(=O)C(F)(F)F)CC2)cc1. The van der Waals surface area contributed by atoms with Gasteiger partial charge in [-0.3, -0.25) is 19.7 Å². The first-order valence-corrected chi connectivity index (χ1v) is 11.2. The summed E-state index contributed by atoms with van der Waals surface area (Å²) in [6, 6.07) is 16.1. The average molecular weight is 514 g/mol. The number of nitro groups is 1. The molecule has 1 aromatic heterocycles. The largest absolute Gasteiger partial charge is 0.471 e. The van der Waals surface area contributed by atoms with E-state index in [4.69, 9.17) is 4.42 Å². The monoisotopic (exact) mass is 514 g/mol. The molecular weight excluding hydrogens is 493 g/mol. The number of nitro benzene ring substituents is 1. The van der Waals surface area contributed by atoms with Gasteiger partial charge in [0.1, 0.15) is 11.5 Å². The highest BCUT2D eigenvalue weighted by atomic mass is 19.4. The topological polar surface area (TPSA) is 109 Å². The maximum absolute atomic E-state index is 12.6. The molecule has 2 aromatic carbocycles. The first-order chi connectivity index (χ1) is 17.6. The Balaban J connectivity index is 1.32. The molecule has 37 heavy (non-hydrogen) atoms. The van der Waals surface area contributed by atoms with E-state index in [-0.39, 0.29) is 31.9 Å². The zero-order chi connectivity index (χ0) is 26.6. The first kappa shape index (κ1) is 25.5. The summed E-state index contributed by atoms with van der Waals surface area (Å²) >= 11 is 0. The minimum absolute atomic E-state index is 0.0340. The molecule has 4 rings (SSSR count). The Morgan fingerprint density at radius 1 is 0.973 bits per heavy atom. The number of carbonyl (C=O) groups is 2. The molecule has 1 aliphatic rings. The third-order valence-corrected chi connectivity index (χ3v) is 5.70. The number of halogens is 3. The van der Waals surface area contributed by atoms with Crippen molar-refractivity contribution in [2.75, 3.05) is 36.4 Å². The standard InChI is InChI=1S/C25H21F3N4O5/c26-25(27,28)24(34)31-15-13-30(14-16-31)18-7-5-17(6-8-18)29-23(33)12-10-19-9-11-22(37-19)20-3-1-2-4-21(20)32(35)36/h1-12H,13-16H2,(H,29,33)/b12-10+. The van der Waals surface area contributed by atoms with Gasteiger partial charge in [-0.2, -0.15) is 13.2 Å². The van der Waals surface area contributed by atoms with Gasteiger partial charge in [-0.25, -0.2) is 0 Å². The highest BCUT2D eigenvalue weighted by Gasteiger charge is 2.43. The lowest BCUT2D eigenvalue weighted by Gasteiger charge is -2.36. The van der Waals surface area contributed by atoms with Crippen molar-refractivity contribution in [1.82, 2.24) is 4.90 Å². The van der Waals surface area contributed by atoms with Crippen LogP contribution in [0.3, 0.4) is 0 Å². The molecular formula is C25H21F3N4O5. The van der Waals surface area contributed by atoms with E-state index in [1.807, 2.05) is 4.90 Å². The smallest absolute Gasteiger partial charge is 0.456 e. The second kappa shape index (κ2) is 10.6. The van der Waals surface area contributed by atoms with E-state index in [1.54, 1.807) is 54.6 Å². The summed E-state index contributed by atoms with van der Waals surface area (Å²) in [4.78, 5) is 37.0. The molecule has 0 atom stereocenters. The number of para-hydroxylation sites is 1. The average Bonchev–Trinajstić information content (AvgIpc) is 3.36. The van der Waals surface area contributed by atoms with Crippen LogP contribution in [0, 0.1) is 10.1 Å². The third-order valence-electron chi connectivity index (χ3n) is 5.70. The lowest BCUT2D eigenvalue weighted by molar-refractivity contribution is -0.384. The molecule has 1 fully saturated rings. The van der Waals surface area contributed by atoms with E-state index in [2.05, 4.69) is 5.32 Å². The Morgan fingerprint density at radius 2 is 1.65 bits per heavy atom. The minimum atomic E-state index is -4.88. The second-order valence-electron chi connectivity index (χ2n) is 8.12. The van der Waals surface area contributed by atoms with Crippen molar-refractivity contribution in [2.45, 2.75) is 6.18 Å². The van der Waals surface area contributed by atoms with E-state index in [1.165, 1.54) is 18.2 Å². The molecule has 2 heterocycles. The summed E-state index contributed by atoms with van der Waals surface area (Å²) in [6.45, 7) is 0.447. The van der Waals surface area contributed by atoms with Crippen LogP contribution in [0.15, 0.2) is 71.2 Å². The van der Waals surface area contributed by atoms with Gasteiger partial charge in [-0.1, -0.05) is 12.1 Å². The molecule has 0 aliphatic carbocycles. The lowest BCUT2D eigenvalue weighted by atomic mass is 10.1. The molecule has 0 saturated carbocycles. The number of nitrogens with zero attached hydrogens (tertiary/aromatic N) is 3. The summed E-state index contributed by atoms with van der Waals surface area (Å²) in [7, 11) is 0. The number of benzene rings is 2. The predicted octanol–water partition coefficient (Wildman–Crippen LogP) is 4.72. The Morgan fingerprint density at radius 3 is 2.30 bits per heavy atom. The van der Waals surface area contributed by atoms with Gasteiger partial charge in [-0.15, -0.1) is 0 Å². The summed E-state index contributed by atoms with van der Waals surface area (Å²) in [5, 5.41) is 13.9. The molecule has 2 amide bonds. The number of piperazine rings is 1. The van der Waals surface area contributed by atoms with E-state index in [0.29, 0.717) is 22.8 Å². The Hall–Kier alpha value is -4.61. The van der Waals surface area contributed by atoms with Crippen LogP contribution in [0.5, 0.6) is 0 Å². The van der Waals surface area contributed by atoms with Crippen LogP contribution < -0.4 is 10.2 Å². The number of rotatable bonds is 6. The maximum atomic E-state index is 12.6. The van der Waals surface area contributed by atoms with Crippen molar-refractivity contribution < 1.29 is 32.1 Å². The van der Waals surface area contributed by atoms with Crippen molar-refractivity contribution >= 4 is 35.0 Å². The molecule has 1 saturated heterocycles. The normalized spacial score (nSPS) is 14.1. The number of amides is 2. The quantitative estimate of drug-likeness (QED) is 0.290. The Kier molecular flexibility index (Phi) is 7.27. The first-order valence-electron chi connectivity index (χ1n) is 11.2. The van der Waals surface area contributed by atoms with Gasteiger partial charge in [0.05, 0.1) is 10.5 Å². The molecule has 3 aromatic rings. The predicted molar refractivity (Wildman–Crippen MR) is 130 cm³/mol. The Labute approximate surface area is 208 Å². The highest BCUT2D eigenvalue weighted by molar-refractivity contribution is 6.01. The van der Waals surface area contributed by atoms with Crippen LogP contribution >= 0.6 is 0 Å². The van der Waals surface area contributed by atoms with Crippen molar-refractivity contribution in [2.24, 2.45) is 0 Å². The van der Waals surface area contributed by atoms with Crippen LogP contribution in [-0.4, -0.2) is 54.0 Å². The van der Waals surface area contributed by atoms with Crippen molar-refractivity contribution in [1.29, 1.82) is 0 Å². The Bertz CT molecular complexity index is 1330. The van der Waals surface area contributed by atoms with Gasteiger partial charge >= 0.3 is 12.1 Å². The zero-order valence-electron chi connectivity index (χ0n) is 19.3. The molecule has 0 radical (unpaired) electrons. The number of hydrogen-bond acceptors (Lipinski definition) is 6. The number of furan rings is 1. The molecule has 12 heteroatoms. The van der Waals surface area contributed by atoms with Crippen molar-refractivity contribution in [3.05, 3.63) is 82.6 Å². The molecule has 9 nitrogen and oxygen atoms in total. The van der Waals surface area contributed by atoms with Gasteiger partial charge < -0.3 is 19.5 Å². The van der Waals surface area contributed by atoms with E-state index in [9.17, 15) is 32.9 Å². The number of hydrogen-bond donors (Lipinski definition) is 1. The molecule has 1 N–H and O–H groups in total. The van der Waals surface area contributed by atoms with Gasteiger partial charge in [0.25, 0.3) is 5.69 Å². The number of anilines is 2. The van der Waals surface area contributed by atoms with Crippen LogP contribution in [0.25, 0.3) is 17.4 Å². The molecule has 0 unspecified atom stereocenters. The van der Waals surface area contributed by atoms with Crippen LogP contribution in [0.1, 0.15) is 5.76 Å². The van der Waals surface area contributed by atoms with Crippen LogP contribution in [-0.2, 0) is 9.59 Å². The van der Waals surface area contributed by atoms with E-state index in [0.717, 1.165) is 10.6 Å². The van der Waals surface area contributed by atoms with Gasteiger partial charge in [0, 0.05) is 49.7 Å². The number of alkyl halides is 3. The van der Waals surface area contributed by atoms with Gasteiger partial charge in [0.15, 0.2) is 0 Å². The third kappa shape index (κ3) is 6.15. The van der Waals surface area contributed by atoms with Crippen LogP contribution in [0.4, 0.5) is 30.2 Å². The van der Waals surface area contributed by atoms with E-state index < -0.39 is 22.9 Å². The minimum Gasteiger partial charge on any atom is -0.456 e. The van der Waals surface area contributed by atoms with Crippen LogP contribution in [0.2, 0.25) is 0 Å². The summed E-state index contributed by atoms with van der Waals surface area (Å²) in [5.74, 6) is -1.63. The summed E-state index contributed by atoms with van der Waals surface area (Å²) in [6.07, 6.45) is -2.19. The van der Waals surface area contributed by atoms with Gasteiger partial charge in [-0.05, 0) is 48.5 Å². The number of nitrogens with one attached hydrogen (secondary N) is 1. The zero-order valence-corrected chi connectivity index (χ0v) is 19.3. The lowest BCUT2D eigenvalue weighted by Crippen LogP contribution is -2.52. The highest BCUT2D eigenvalue weighted by Crippen LogP contribution is 2.31. The van der Waals surface area contributed by atoms with Crippen molar-refractivity contribution in [3.63, 3.8) is 0 Å².